The summed E-state index contributed by atoms with van der Waals surface area (Å²) in [7, 11) is 0. The van der Waals surface area contributed by atoms with Crippen LogP contribution in [0.2, 0.25) is 5.02 Å². The Balaban J connectivity index is 0.00000192. The molecule has 2 aromatic rings. The van der Waals surface area contributed by atoms with E-state index < -0.39 is 0 Å². The standard InChI is InChI=1S/C15H19ClN4OS.HI/c1-10-9-20(6-7-21-10)15(17)18-5-4-14-19-12-8-11(16)2-3-13(12)22-14;/h2-3,8,10H,4-7,9H2,1H3,(H2,17,18);1H. The molecule has 1 saturated heterocycles. The van der Waals surface area contributed by atoms with Crippen LogP contribution in [0.25, 0.3) is 10.2 Å². The summed E-state index contributed by atoms with van der Waals surface area (Å²) in [5.74, 6) is 0.597. The van der Waals surface area contributed by atoms with Crippen molar-refractivity contribution in [2.24, 2.45) is 10.7 Å². The van der Waals surface area contributed by atoms with Gasteiger partial charge >= 0.3 is 0 Å². The summed E-state index contributed by atoms with van der Waals surface area (Å²) in [5.41, 5.74) is 7.01. The van der Waals surface area contributed by atoms with Crippen molar-refractivity contribution < 1.29 is 4.74 Å². The lowest BCUT2D eigenvalue weighted by atomic mass is 10.3. The lowest BCUT2D eigenvalue weighted by Crippen LogP contribution is -2.47. The van der Waals surface area contributed by atoms with Crippen molar-refractivity contribution in [3.8, 4) is 0 Å². The predicted octanol–water partition coefficient (Wildman–Crippen LogP) is 3.15. The van der Waals surface area contributed by atoms with Gasteiger partial charge in [0, 0.05) is 31.1 Å². The fraction of sp³-hybridized carbons (Fsp3) is 0.467. The van der Waals surface area contributed by atoms with Gasteiger partial charge in [-0.1, -0.05) is 11.6 Å². The molecule has 1 aromatic carbocycles. The number of aromatic nitrogens is 1. The quantitative estimate of drug-likeness (QED) is 0.429. The molecule has 1 aromatic heterocycles. The molecule has 3 rings (SSSR count). The molecule has 0 amide bonds. The monoisotopic (exact) mass is 466 g/mol. The summed E-state index contributed by atoms with van der Waals surface area (Å²) in [6.45, 7) is 5.00. The van der Waals surface area contributed by atoms with Crippen molar-refractivity contribution in [1.82, 2.24) is 9.88 Å². The van der Waals surface area contributed by atoms with Gasteiger partial charge in [0.25, 0.3) is 0 Å². The molecular formula is C15H20ClIN4OS. The molecule has 1 aliphatic rings. The molecule has 2 N–H and O–H groups in total. The van der Waals surface area contributed by atoms with E-state index in [-0.39, 0.29) is 30.1 Å². The largest absolute Gasteiger partial charge is 0.375 e. The van der Waals surface area contributed by atoms with E-state index >= 15 is 0 Å². The highest BCUT2D eigenvalue weighted by atomic mass is 127. The molecule has 5 nitrogen and oxygen atoms in total. The number of hydrogen-bond donors (Lipinski definition) is 1. The molecule has 1 unspecified atom stereocenters. The molecule has 1 fully saturated rings. The van der Waals surface area contributed by atoms with E-state index in [9.17, 15) is 0 Å². The van der Waals surface area contributed by atoms with Crippen LogP contribution in [0.3, 0.4) is 0 Å². The fourth-order valence-corrected chi connectivity index (χ4v) is 3.55. The zero-order valence-electron chi connectivity index (χ0n) is 12.9. The molecule has 23 heavy (non-hydrogen) atoms. The van der Waals surface area contributed by atoms with Crippen molar-refractivity contribution in [3.63, 3.8) is 0 Å². The average Bonchev–Trinajstić information content (AvgIpc) is 2.89. The number of nitrogens with two attached hydrogens (primary N) is 1. The third-order valence-corrected chi connectivity index (χ3v) is 4.89. The normalized spacial score (nSPS) is 19.0. The van der Waals surface area contributed by atoms with Gasteiger partial charge < -0.3 is 15.4 Å². The van der Waals surface area contributed by atoms with Gasteiger partial charge in [0.05, 0.1) is 27.9 Å². The number of ether oxygens (including phenoxy) is 1. The molecular weight excluding hydrogens is 447 g/mol. The van der Waals surface area contributed by atoms with Crippen LogP contribution in [-0.4, -0.2) is 48.2 Å². The average molecular weight is 467 g/mol. The smallest absolute Gasteiger partial charge is 0.191 e. The minimum atomic E-state index is 0. The van der Waals surface area contributed by atoms with E-state index in [0.29, 0.717) is 24.1 Å². The second kappa shape index (κ2) is 8.46. The first-order valence-corrected chi connectivity index (χ1v) is 8.53. The lowest BCUT2D eigenvalue weighted by Gasteiger charge is -2.31. The second-order valence-corrected chi connectivity index (χ2v) is 6.89. The number of fused-ring (bicyclic) bond motifs is 1. The molecule has 1 atom stereocenters. The number of halogens is 2. The summed E-state index contributed by atoms with van der Waals surface area (Å²) in [6.07, 6.45) is 0.994. The van der Waals surface area contributed by atoms with Gasteiger partial charge in [0.2, 0.25) is 0 Å². The van der Waals surface area contributed by atoms with E-state index in [1.165, 1.54) is 0 Å². The van der Waals surface area contributed by atoms with Crippen LogP contribution in [0.15, 0.2) is 23.2 Å². The number of rotatable bonds is 3. The molecule has 0 saturated carbocycles. The SMILES string of the molecule is CC1CN(C(N)=NCCc2nc3cc(Cl)ccc3s2)CCO1.I. The highest BCUT2D eigenvalue weighted by molar-refractivity contribution is 14.0. The minimum Gasteiger partial charge on any atom is -0.375 e. The number of hydrogen-bond acceptors (Lipinski definition) is 4. The van der Waals surface area contributed by atoms with E-state index in [1.807, 2.05) is 25.1 Å². The summed E-state index contributed by atoms with van der Waals surface area (Å²) in [5, 5.41) is 1.78. The van der Waals surface area contributed by atoms with Gasteiger partial charge in [-0.25, -0.2) is 4.98 Å². The molecule has 2 heterocycles. The van der Waals surface area contributed by atoms with Gasteiger partial charge in [-0.15, -0.1) is 35.3 Å². The zero-order chi connectivity index (χ0) is 15.5. The number of benzene rings is 1. The number of morpholine rings is 1. The van der Waals surface area contributed by atoms with E-state index in [1.54, 1.807) is 11.3 Å². The van der Waals surface area contributed by atoms with Crippen LogP contribution in [-0.2, 0) is 11.2 Å². The Hall–Kier alpha value is -0.640. The Labute approximate surface area is 161 Å². The Morgan fingerprint density at radius 1 is 1.57 bits per heavy atom. The Morgan fingerprint density at radius 2 is 2.39 bits per heavy atom. The van der Waals surface area contributed by atoms with Crippen LogP contribution < -0.4 is 5.73 Å². The van der Waals surface area contributed by atoms with Gasteiger partial charge in [-0.05, 0) is 25.1 Å². The summed E-state index contributed by atoms with van der Waals surface area (Å²) < 4.78 is 6.66. The topological polar surface area (TPSA) is 63.7 Å². The molecule has 126 valence electrons. The first-order chi connectivity index (χ1) is 10.6. The maximum atomic E-state index is 6.06. The van der Waals surface area contributed by atoms with E-state index in [2.05, 4.69) is 14.9 Å². The van der Waals surface area contributed by atoms with E-state index in [4.69, 9.17) is 22.1 Å². The lowest BCUT2D eigenvalue weighted by molar-refractivity contribution is 0.00530. The molecule has 0 bridgehead atoms. The molecule has 0 spiro atoms. The van der Waals surface area contributed by atoms with E-state index in [0.717, 1.165) is 34.7 Å². The van der Waals surface area contributed by atoms with Crippen molar-refractivity contribution in [3.05, 3.63) is 28.2 Å². The molecule has 0 aliphatic carbocycles. The van der Waals surface area contributed by atoms with Crippen LogP contribution in [0, 0.1) is 0 Å². The number of aliphatic imine (C=N–C) groups is 1. The van der Waals surface area contributed by atoms with Crippen molar-refractivity contribution in [2.75, 3.05) is 26.2 Å². The highest BCUT2D eigenvalue weighted by Crippen LogP contribution is 2.25. The van der Waals surface area contributed by atoms with Crippen LogP contribution in [0.1, 0.15) is 11.9 Å². The summed E-state index contributed by atoms with van der Waals surface area (Å²) in [6, 6.07) is 5.79. The Morgan fingerprint density at radius 3 is 3.17 bits per heavy atom. The number of thiazole rings is 1. The van der Waals surface area contributed by atoms with Crippen LogP contribution in [0.4, 0.5) is 0 Å². The predicted molar refractivity (Wildman–Crippen MR) is 107 cm³/mol. The number of guanidine groups is 1. The van der Waals surface area contributed by atoms with Gasteiger partial charge in [-0.3, -0.25) is 4.99 Å². The maximum absolute atomic E-state index is 6.06. The van der Waals surface area contributed by atoms with Crippen molar-refractivity contribution >= 4 is 63.1 Å². The third kappa shape index (κ3) is 4.91. The first-order valence-electron chi connectivity index (χ1n) is 7.33. The van der Waals surface area contributed by atoms with Crippen molar-refractivity contribution in [1.29, 1.82) is 0 Å². The van der Waals surface area contributed by atoms with Crippen LogP contribution >= 0.6 is 46.9 Å². The maximum Gasteiger partial charge on any atom is 0.191 e. The summed E-state index contributed by atoms with van der Waals surface area (Å²) in [4.78, 5) is 11.1. The van der Waals surface area contributed by atoms with Crippen LogP contribution in [0.5, 0.6) is 0 Å². The Bertz CT molecular complexity index is 693. The third-order valence-electron chi connectivity index (χ3n) is 3.56. The van der Waals surface area contributed by atoms with Crippen molar-refractivity contribution in [2.45, 2.75) is 19.4 Å². The molecule has 8 heteroatoms. The summed E-state index contributed by atoms with van der Waals surface area (Å²) >= 11 is 7.66. The zero-order valence-corrected chi connectivity index (χ0v) is 16.8. The second-order valence-electron chi connectivity index (χ2n) is 5.34. The Kier molecular flexibility index (Phi) is 6.87. The number of nitrogens with zero attached hydrogens (tertiary/aromatic N) is 3. The molecule has 1 aliphatic heterocycles. The first kappa shape index (κ1) is 18.7. The van der Waals surface area contributed by atoms with Gasteiger partial charge in [-0.2, -0.15) is 0 Å². The van der Waals surface area contributed by atoms with Gasteiger partial charge in [0.15, 0.2) is 5.96 Å². The highest BCUT2D eigenvalue weighted by Gasteiger charge is 2.17. The minimum absolute atomic E-state index is 0. The fourth-order valence-electron chi connectivity index (χ4n) is 2.45. The van der Waals surface area contributed by atoms with Gasteiger partial charge in [0.1, 0.15) is 0 Å². The molecule has 0 radical (unpaired) electrons.